The van der Waals surface area contributed by atoms with Crippen LogP contribution in [0, 0.1) is 5.82 Å². The van der Waals surface area contributed by atoms with E-state index in [1.165, 1.54) is 18.5 Å². The summed E-state index contributed by atoms with van der Waals surface area (Å²) in [6, 6.07) is 6.27. The molecule has 0 saturated heterocycles. The molecule has 6 heteroatoms. The maximum absolute atomic E-state index is 13.1. The van der Waals surface area contributed by atoms with Crippen molar-refractivity contribution >= 4 is 21.7 Å². The Morgan fingerprint density at radius 1 is 1.32 bits per heavy atom. The summed E-state index contributed by atoms with van der Waals surface area (Å²) in [6.07, 6.45) is 1.42. The van der Waals surface area contributed by atoms with Gasteiger partial charge in [0.05, 0.1) is 6.61 Å². The van der Waals surface area contributed by atoms with Gasteiger partial charge < -0.3 is 10.1 Å². The second-order valence-corrected chi connectivity index (χ2v) is 4.62. The first-order chi connectivity index (χ1) is 9.19. The molecular weight excluding hydrogens is 313 g/mol. The molecule has 0 aliphatic heterocycles. The summed E-state index contributed by atoms with van der Waals surface area (Å²) in [5.41, 5.74) is 0.816. The molecule has 0 unspecified atom stereocenters. The van der Waals surface area contributed by atoms with Crippen LogP contribution in [0.1, 0.15) is 12.5 Å². The molecule has 2 aromatic rings. The summed E-state index contributed by atoms with van der Waals surface area (Å²) in [7, 11) is 0. The predicted octanol–water partition coefficient (Wildman–Crippen LogP) is 3.39. The lowest BCUT2D eigenvalue weighted by Crippen LogP contribution is -2.04. The van der Waals surface area contributed by atoms with Gasteiger partial charge in [-0.1, -0.05) is 15.9 Å². The van der Waals surface area contributed by atoms with Gasteiger partial charge in [0.25, 0.3) is 0 Å². The smallest absolute Gasteiger partial charge is 0.218 e. The third-order valence-corrected chi connectivity index (χ3v) is 3.18. The minimum atomic E-state index is -0.266. The number of ether oxygens (including phenoxy) is 1. The molecule has 0 fully saturated rings. The number of benzene rings is 1. The zero-order valence-electron chi connectivity index (χ0n) is 10.4. The highest BCUT2D eigenvalue weighted by Gasteiger charge is 2.03. The highest BCUT2D eigenvalue weighted by atomic mass is 79.9. The minimum absolute atomic E-state index is 0.266. The molecule has 1 N–H and O–H groups in total. The Hall–Kier alpha value is -1.69. The number of rotatable bonds is 5. The largest absolute Gasteiger partial charge is 0.478 e. The predicted molar refractivity (Wildman–Crippen MR) is 74.6 cm³/mol. The van der Waals surface area contributed by atoms with E-state index < -0.39 is 0 Å². The Balaban J connectivity index is 2.05. The molecule has 0 bridgehead atoms. The van der Waals surface area contributed by atoms with Gasteiger partial charge in [0.1, 0.15) is 18.0 Å². The third kappa shape index (κ3) is 3.89. The lowest BCUT2D eigenvalue weighted by atomic mass is 10.2. The Morgan fingerprint density at radius 3 is 2.95 bits per heavy atom. The molecule has 0 aliphatic carbocycles. The van der Waals surface area contributed by atoms with Gasteiger partial charge in [-0.15, -0.1) is 0 Å². The van der Waals surface area contributed by atoms with Crippen LogP contribution in [0.4, 0.5) is 10.2 Å². The molecule has 19 heavy (non-hydrogen) atoms. The van der Waals surface area contributed by atoms with Crippen molar-refractivity contribution in [3.05, 3.63) is 46.4 Å². The van der Waals surface area contributed by atoms with E-state index in [2.05, 4.69) is 31.2 Å². The Labute approximate surface area is 119 Å². The van der Waals surface area contributed by atoms with Crippen molar-refractivity contribution in [2.75, 3.05) is 11.9 Å². The van der Waals surface area contributed by atoms with E-state index in [0.717, 1.165) is 10.0 Å². The fourth-order valence-electron chi connectivity index (χ4n) is 1.53. The molecule has 1 heterocycles. The van der Waals surface area contributed by atoms with Crippen LogP contribution in [0.5, 0.6) is 5.88 Å². The fraction of sp³-hybridized carbons (Fsp3) is 0.231. The van der Waals surface area contributed by atoms with Crippen LogP contribution >= 0.6 is 15.9 Å². The second kappa shape index (κ2) is 6.47. The van der Waals surface area contributed by atoms with E-state index >= 15 is 0 Å². The molecular formula is C13H13BrFN3O. The topological polar surface area (TPSA) is 47.0 Å². The van der Waals surface area contributed by atoms with Crippen LogP contribution in [0.2, 0.25) is 0 Å². The van der Waals surface area contributed by atoms with E-state index in [1.54, 1.807) is 12.1 Å². The van der Waals surface area contributed by atoms with Gasteiger partial charge in [-0.2, -0.15) is 0 Å². The monoisotopic (exact) mass is 325 g/mol. The first-order valence-electron chi connectivity index (χ1n) is 5.81. The maximum atomic E-state index is 13.1. The summed E-state index contributed by atoms with van der Waals surface area (Å²) in [5.74, 6) is 0.880. The molecule has 0 aliphatic rings. The molecule has 2 rings (SSSR count). The number of anilines is 1. The molecule has 0 radical (unpaired) electrons. The van der Waals surface area contributed by atoms with E-state index in [-0.39, 0.29) is 5.82 Å². The molecule has 1 aromatic carbocycles. The Morgan fingerprint density at radius 2 is 2.16 bits per heavy atom. The second-order valence-electron chi connectivity index (χ2n) is 3.76. The molecule has 100 valence electrons. The molecule has 0 saturated carbocycles. The van der Waals surface area contributed by atoms with E-state index in [9.17, 15) is 4.39 Å². The Kier molecular flexibility index (Phi) is 4.68. The van der Waals surface area contributed by atoms with Gasteiger partial charge >= 0.3 is 0 Å². The SMILES string of the molecule is CCOc1cc(NCc2cc(F)ccc2Br)ncn1. The molecule has 0 spiro atoms. The van der Waals surface area contributed by atoms with Crippen LogP contribution in [-0.4, -0.2) is 16.6 Å². The van der Waals surface area contributed by atoms with Crippen LogP contribution in [-0.2, 0) is 6.54 Å². The first-order valence-corrected chi connectivity index (χ1v) is 6.61. The summed E-state index contributed by atoms with van der Waals surface area (Å²) >= 11 is 3.38. The van der Waals surface area contributed by atoms with Crippen LogP contribution in [0.25, 0.3) is 0 Å². The van der Waals surface area contributed by atoms with Gasteiger partial charge in [-0.3, -0.25) is 0 Å². The number of halogens is 2. The zero-order valence-corrected chi connectivity index (χ0v) is 11.9. The van der Waals surface area contributed by atoms with Crippen molar-refractivity contribution < 1.29 is 9.13 Å². The lowest BCUT2D eigenvalue weighted by molar-refractivity contribution is 0.326. The van der Waals surface area contributed by atoms with Gasteiger partial charge in [0, 0.05) is 17.1 Å². The van der Waals surface area contributed by atoms with Crippen LogP contribution in [0.15, 0.2) is 35.1 Å². The van der Waals surface area contributed by atoms with Crippen LogP contribution < -0.4 is 10.1 Å². The van der Waals surface area contributed by atoms with Crippen molar-refractivity contribution in [2.45, 2.75) is 13.5 Å². The van der Waals surface area contributed by atoms with E-state index in [4.69, 9.17) is 4.74 Å². The van der Waals surface area contributed by atoms with Crippen molar-refractivity contribution in [1.82, 2.24) is 9.97 Å². The molecule has 4 nitrogen and oxygen atoms in total. The van der Waals surface area contributed by atoms with Gasteiger partial charge in [0.2, 0.25) is 5.88 Å². The quantitative estimate of drug-likeness (QED) is 0.915. The number of hydrogen-bond acceptors (Lipinski definition) is 4. The van der Waals surface area contributed by atoms with Gasteiger partial charge in [-0.25, -0.2) is 14.4 Å². The van der Waals surface area contributed by atoms with E-state index in [0.29, 0.717) is 24.8 Å². The van der Waals surface area contributed by atoms with Crippen molar-refractivity contribution in [3.63, 3.8) is 0 Å². The Bertz CT molecular complexity index is 565. The number of nitrogens with zero attached hydrogens (tertiary/aromatic N) is 2. The first kappa shape index (κ1) is 13.7. The van der Waals surface area contributed by atoms with E-state index in [1.807, 2.05) is 6.92 Å². The zero-order chi connectivity index (χ0) is 13.7. The fourth-order valence-corrected chi connectivity index (χ4v) is 1.91. The maximum Gasteiger partial charge on any atom is 0.218 e. The number of hydrogen-bond donors (Lipinski definition) is 1. The average molecular weight is 326 g/mol. The van der Waals surface area contributed by atoms with Crippen molar-refractivity contribution in [3.8, 4) is 5.88 Å². The van der Waals surface area contributed by atoms with Gasteiger partial charge in [0.15, 0.2) is 0 Å². The van der Waals surface area contributed by atoms with Gasteiger partial charge in [-0.05, 0) is 30.7 Å². The summed E-state index contributed by atoms with van der Waals surface area (Å²) in [4.78, 5) is 8.05. The van der Waals surface area contributed by atoms with Crippen LogP contribution in [0.3, 0.4) is 0 Å². The normalized spacial score (nSPS) is 10.3. The summed E-state index contributed by atoms with van der Waals surface area (Å²) in [5, 5.41) is 3.10. The molecule has 0 amide bonds. The highest BCUT2D eigenvalue weighted by molar-refractivity contribution is 9.10. The number of nitrogens with one attached hydrogen (secondary N) is 1. The lowest BCUT2D eigenvalue weighted by Gasteiger charge is -2.08. The molecule has 0 atom stereocenters. The van der Waals surface area contributed by atoms with Crippen molar-refractivity contribution in [2.24, 2.45) is 0 Å². The number of aromatic nitrogens is 2. The third-order valence-electron chi connectivity index (χ3n) is 2.40. The highest BCUT2D eigenvalue weighted by Crippen LogP contribution is 2.19. The summed E-state index contributed by atoms with van der Waals surface area (Å²) in [6.45, 7) is 2.89. The molecule has 1 aromatic heterocycles. The minimum Gasteiger partial charge on any atom is -0.478 e. The van der Waals surface area contributed by atoms with Crippen molar-refractivity contribution in [1.29, 1.82) is 0 Å². The average Bonchev–Trinajstić information content (AvgIpc) is 2.41. The standard InChI is InChI=1S/C13H13BrFN3O/c1-2-19-13-6-12(17-8-18-13)16-7-9-5-10(15)3-4-11(9)14/h3-6,8H,2,7H2,1H3,(H,16,17,18). The summed E-state index contributed by atoms with van der Waals surface area (Å²) < 4.78 is 19.3.